The first kappa shape index (κ1) is 20.6. The molecule has 1 aromatic heterocycles. The third-order valence-corrected chi connectivity index (χ3v) is 5.76. The topological polar surface area (TPSA) is 73.8 Å². The van der Waals surface area contributed by atoms with Gasteiger partial charge in [0.15, 0.2) is 0 Å². The molecule has 2 aliphatic rings. The number of hydrogen-bond acceptors (Lipinski definition) is 7. The van der Waals surface area contributed by atoms with Gasteiger partial charge in [-0.25, -0.2) is 4.98 Å². The van der Waals surface area contributed by atoms with E-state index in [1.54, 1.807) is 0 Å². The lowest BCUT2D eigenvalue weighted by Crippen LogP contribution is -2.38. The van der Waals surface area contributed by atoms with E-state index in [0.29, 0.717) is 6.04 Å². The Morgan fingerprint density at radius 3 is 2.70 bits per heavy atom. The summed E-state index contributed by atoms with van der Waals surface area (Å²) in [6.45, 7) is 7.63. The van der Waals surface area contributed by atoms with Gasteiger partial charge in [-0.2, -0.15) is 4.98 Å². The number of benzene rings is 1. The molecule has 2 saturated heterocycles. The minimum absolute atomic E-state index is 0.0466. The monoisotopic (exact) mass is 410 g/mol. The highest BCUT2D eigenvalue weighted by molar-refractivity contribution is 5.88. The van der Waals surface area contributed by atoms with Crippen molar-refractivity contribution in [3.63, 3.8) is 0 Å². The molecule has 4 rings (SSSR count). The minimum atomic E-state index is -0.0466. The maximum Gasteiger partial charge on any atom is 0.227 e. The second-order valence-electron chi connectivity index (χ2n) is 7.98. The summed E-state index contributed by atoms with van der Waals surface area (Å²) in [6, 6.07) is 10.5. The molecule has 1 aromatic carbocycles. The molecular formula is C22H30N6O2. The predicted molar refractivity (Wildman–Crippen MR) is 118 cm³/mol. The zero-order valence-corrected chi connectivity index (χ0v) is 17.8. The lowest BCUT2D eigenvalue weighted by atomic mass is 10.2. The number of carbonyl (C=O) groups is 1. The summed E-state index contributed by atoms with van der Waals surface area (Å²) >= 11 is 0. The molecule has 0 saturated carbocycles. The number of nitrogens with one attached hydrogen (secondary N) is 1. The number of aromatic nitrogens is 2. The molecule has 1 unspecified atom stereocenters. The molecule has 0 bridgehead atoms. The molecule has 8 heteroatoms. The maximum absolute atomic E-state index is 11.2. The van der Waals surface area contributed by atoms with Crippen molar-refractivity contribution in [2.75, 3.05) is 61.6 Å². The average Bonchev–Trinajstić information content (AvgIpc) is 3.23. The predicted octanol–water partition coefficient (Wildman–Crippen LogP) is 1.98. The first-order valence-electron chi connectivity index (χ1n) is 10.6. The van der Waals surface area contributed by atoms with Crippen LogP contribution >= 0.6 is 0 Å². The van der Waals surface area contributed by atoms with E-state index in [9.17, 15) is 4.79 Å². The Hall–Kier alpha value is -2.71. The van der Waals surface area contributed by atoms with Crippen LogP contribution in [-0.4, -0.2) is 73.3 Å². The van der Waals surface area contributed by atoms with Crippen molar-refractivity contribution in [2.24, 2.45) is 0 Å². The van der Waals surface area contributed by atoms with Gasteiger partial charge in [0.2, 0.25) is 11.9 Å². The van der Waals surface area contributed by atoms with Gasteiger partial charge >= 0.3 is 0 Å². The van der Waals surface area contributed by atoms with Crippen LogP contribution in [0.3, 0.4) is 0 Å². The standard InChI is InChI=1S/C22H30N6O2/c1-17(29)24-19-5-3-18(4-6-19)15-27-10-8-20(16-27)26(2)21-7-9-23-22(25-21)28-11-13-30-14-12-28/h3-7,9,20H,8,10-16H2,1-2H3,(H,24,29). The van der Waals surface area contributed by atoms with Gasteiger partial charge < -0.3 is 19.9 Å². The fraction of sp³-hybridized carbons (Fsp3) is 0.500. The van der Waals surface area contributed by atoms with Crippen LogP contribution < -0.4 is 15.1 Å². The summed E-state index contributed by atoms with van der Waals surface area (Å²) in [5, 5.41) is 2.81. The number of rotatable bonds is 6. The first-order chi connectivity index (χ1) is 14.6. The molecule has 30 heavy (non-hydrogen) atoms. The molecule has 3 heterocycles. The van der Waals surface area contributed by atoms with E-state index in [2.05, 4.69) is 44.2 Å². The van der Waals surface area contributed by atoms with Crippen LogP contribution in [0.15, 0.2) is 36.5 Å². The van der Waals surface area contributed by atoms with Gasteiger partial charge in [0.1, 0.15) is 5.82 Å². The largest absolute Gasteiger partial charge is 0.378 e. The Kier molecular flexibility index (Phi) is 6.44. The summed E-state index contributed by atoms with van der Waals surface area (Å²) in [6.07, 6.45) is 2.96. The van der Waals surface area contributed by atoms with Crippen LogP contribution in [0.5, 0.6) is 0 Å². The third kappa shape index (κ3) is 5.06. The summed E-state index contributed by atoms with van der Waals surface area (Å²) in [5.41, 5.74) is 2.09. The van der Waals surface area contributed by atoms with Crippen molar-refractivity contribution >= 4 is 23.4 Å². The van der Waals surface area contributed by atoms with E-state index in [4.69, 9.17) is 9.72 Å². The number of likely N-dealkylation sites (N-methyl/N-ethyl adjacent to an activating group) is 1. The van der Waals surface area contributed by atoms with E-state index in [1.807, 2.05) is 24.4 Å². The number of hydrogen-bond donors (Lipinski definition) is 1. The lowest BCUT2D eigenvalue weighted by molar-refractivity contribution is -0.114. The number of ether oxygens (including phenoxy) is 1. The fourth-order valence-corrected chi connectivity index (χ4v) is 4.07. The second-order valence-corrected chi connectivity index (χ2v) is 7.98. The SMILES string of the molecule is CC(=O)Nc1ccc(CN2CCC(N(C)c3ccnc(N4CCOCC4)n3)C2)cc1. The Labute approximate surface area is 177 Å². The normalized spacial score (nSPS) is 19.7. The molecule has 8 nitrogen and oxygen atoms in total. The van der Waals surface area contributed by atoms with Crippen molar-refractivity contribution in [1.82, 2.24) is 14.9 Å². The van der Waals surface area contributed by atoms with Crippen molar-refractivity contribution < 1.29 is 9.53 Å². The molecule has 2 fully saturated rings. The molecule has 160 valence electrons. The van der Waals surface area contributed by atoms with Crippen LogP contribution in [0, 0.1) is 0 Å². The summed E-state index contributed by atoms with van der Waals surface area (Å²) in [4.78, 5) is 27.4. The summed E-state index contributed by atoms with van der Waals surface area (Å²) in [7, 11) is 2.13. The average molecular weight is 411 g/mol. The van der Waals surface area contributed by atoms with Crippen LogP contribution in [0.1, 0.15) is 18.9 Å². The third-order valence-electron chi connectivity index (χ3n) is 5.76. The van der Waals surface area contributed by atoms with E-state index >= 15 is 0 Å². The number of nitrogens with zero attached hydrogens (tertiary/aromatic N) is 5. The zero-order valence-electron chi connectivity index (χ0n) is 17.8. The Balaban J connectivity index is 1.34. The summed E-state index contributed by atoms with van der Waals surface area (Å²) < 4.78 is 5.43. The van der Waals surface area contributed by atoms with Crippen molar-refractivity contribution in [1.29, 1.82) is 0 Å². The van der Waals surface area contributed by atoms with Gasteiger partial charge in [0, 0.05) is 64.6 Å². The van der Waals surface area contributed by atoms with E-state index in [0.717, 1.165) is 69.8 Å². The van der Waals surface area contributed by atoms with Gasteiger partial charge in [0.25, 0.3) is 0 Å². The van der Waals surface area contributed by atoms with E-state index in [1.165, 1.54) is 12.5 Å². The quantitative estimate of drug-likeness (QED) is 0.781. The van der Waals surface area contributed by atoms with Gasteiger partial charge in [-0.1, -0.05) is 12.1 Å². The fourth-order valence-electron chi connectivity index (χ4n) is 4.07. The second kappa shape index (κ2) is 9.40. The molecule has 2 aromatic rings. The van der Waals surface area contributed by atoms with E-state index in [-0.39, 0.29) is 5.91 Å². The van der Waals surface area contributed by atoms with Crippen molar-refractivity contribution in [3.05, 3.63) is 42.1 Å². The number of anilines is 3. The summed E-state index contributed by atoms with van der Waals surface area (Å²) in [5.74, 6) is 1.71. The molecule has 0 aliphatic carbocycles. The zero-order chi connectivity index (χ0) is 20.9. The maximum atomic E-state index is 11.2. The van der Waals surface area contributed by atoms with Crippen molar-refractivity contribution in [3.8, 4) is 0 Å². The number of morpholine rings is 1. The molecule has 1 atom stereocenters. The molecular weight excluding hydrogens is 380 g/mol. The Morgan fingerprint density at radius 2 is 1.97 bits per heavy atom. The Morgan fingerprint density at radius 1 is 1.20 bits per heavy atom. The molecule has 0 radical (unpaired) electrons. The van der Waals surface area contributed by atoms with Gasteiger partial charge in [0.05, 0.1) is 13.2 Å². The highest BCUT2D eigenvalue weighted by atomic mass is 16.5. The highest BCUT2D eigenvalue weighted by Gasteiger charge is 2.27. The lowest BCUT2D eigenvalue weighted by Gasteiger charge is -2.29. The van der Waals surface area contributed by atoms with Crippen LogP contribution in [0.25, 0.3) is 0 Å². The van der Waals surface area contributed by atoms with Crippen LogP contribution in [0.2, 0.25) is 0 Å². The molecule has 2 aliphatic heterocycles. The minimum Gasteiger partial charge on any atom is -0.378 e. The smallest absolute Gasteiger partial charge is 0.227 e. The van der Waals surface area contributed by atoms with Crippen molar-refractivity contribution in [2.45, 2.75) is 25.9 Å². The number of carbonyl (C=O) groups excluding carboxylic acids is 1. The van der Waals surface area contributed by atoms with Gasteiger partial charge in [-0.05, 0) is 30.2 Å². The number of likely N-dealkylation sites (tertiary alicyclic amines) is 1. The van der Waals surface area contributed by atoms with Gasteiger partial charge in [-0.3, -0.25) is 9.69 Å². The van der Waals surface area contributed by atoms with Gasteiger partial charge in [-0.15, -0.1) is 0 Å². The first-order valence-corrected chi connectivity index (χ1v) is 10.6. The van der Waals surface area contributed by atoms with E-state index < -0.39 is 0 Å². The Bertz CT molecular complexity index is 853. The molecule has 0 spiro atoms. The number of amides is 1. The molecule has 1 N–H and O–H groups in total. The highest BCUT2D eigenvalue weighted by Crippen LogP contribution is 2.23. The molecule has 1 amide bonds. The van der Waals surface area contributed by atoms with Crippen LogP contribution in [-0.2, 0) is 16.1 Å². The van der Waals surface area contributed by atoms with Crippen LogP contribution in [0.4, 0.5) is 17.5 Å².